The Labute approximate surface area is 132 Å². The molecule has 0 spiro atoms. The predicted octanol–water partition coefficient (Wildman–Crippen LogP) is 0.618. The quantitative estimate of drug-likeness (QED) is 0.763. The van der Waals surface area contributed by atoms with Crippen molar-refractivity contribution in [3.63, 3.8) is 0 Å². The van der Waals surface area contributed by atoms with Crippen LogP contribution in [0.15, 0.2) is 18.2 Å². The van der Waals surface area contributed by atoms with E-state index in [0.29, 0.717) is 24.3 Å². The zero-order valence-corrected chi connectivity index (χ0v) is 12.9. The standard InChI is InChI=1S/C15H17N3O5/c1-16-11-7-9(14(20)23-2)3-4-10(11)18-6-5-17(15(21)22)8-12(18)13(16)19/h3-4,7,12H,5-6,8H2,1-2H3,(H,21,22). The minimum absolute atomic E-state index is 0.136. The summed E-state index contributed by atoms with van der Waals surface area (Å²) in [5.74, 6) is -0.656. The Bertz CT molecular complexity index is 690. The summed E-state index contributed by atoms with van der Waals surface area (Å²) < 4.78 is 4.71. The fraction of sp³-hybridized carbons (Fsp3) is 0.400. The van der Waals surface area contributed by atoms with E-state index < -0.39 is 18.1 Å². The summed E-state index contributed by atoms with van der Waals surface area (Å²) in [6.45, 7) is 0.902. The molecule has 0 bridgehead atoms. The Kier molecular flexibility index (Phi) is 3.59. The van der Waals surface area contributed by atoms with E-state index in [1.54, 1.807) is 25.2 Å². The molecular formula is C15H17N3O5. The zero-order valence-electron chi connectivity index (χ0n) is 12.9. The van der Waals surface area contributed by atoms with Gasteiger partial charge in [-0.15, -0.1) is 0 Å². The van der Waals surface area contributed by atoms with Gasteiger partial charge in [0, 0.05) is 20.1 Å². The number of likely N-dealkylation sites (N-methyl/N-ethyl adjacent to an activating group) is 1. The minimum atomic E-state index is -1.02. The van der Waals surface area contributed by atoms with Gasteiger partial charge in [-0.3, -0.25) is 4.79 Å². The summed E-state index contributed by atoms with van der Waals surface area (Å²) in [5, 5.41) is 9.13. The molecule has 23 heavy (non-hydrogen) atoms. The first-order valence-corrected chi connectivity index (χ1v) is 7.18. The molecule has 3 rings (SSSR count). The summed E-state index contributed by atoms with van der Waals surface area (Å²) in [6.07, 6.45) is -1.02. The van der Waals surface area contributed by atoms with Crippen LogP contribution in [0.2, 0.25) is 0 Å². The van der Waals surface area contributed by atoms with Gasteiger partial charge >= 0.3 is 12.1 Å². The van der Waals surface area contributed by atoms with Crippen molar-refractivity contribution in [1.29, 1.82) is 0 Å². The number of nitrogens with zero attached hydrogens (tertiary/aromatic N) is 3. The lowest BCUT2D eigenvalue weighted by Crippen LogP contribution is -2.62. The van der Waals surface area contributed by atoms with Gasteiger partial charge in [0.25, 0.3) is 5.91 Å². The summed E-state index contributed by atoms with van der Waals surface area (Å²) in [4.78, 5) is 40.0. The highest BCUT2D eigenvalue weighted by Gasteiger charge is 2.41. The molecule has 0 radical (unpaired) electrons. The van der Waals surface area contributed by atoms with E-state index in [-0.39, 0.29) is 12.5 Å². The number of esters is 1. The molecule has 1 aromatic rings. The van der Waals surface area contributed by atoms with Crippen molar-refractivity contribution in [1.82, 2.24) is 4.90 Å². The first-order valence-electron chi connectivity index (χ1n) is 7.18. The lowest BCUT2D eigenvalue weighted by molar-refractivity contribution is -0.120. The summed E-state index contributed by atoms with van der Waals surface area (Å²) in [6, 6.07) is 4.50. The number of anilines is 2. The van der Waals surface area contributed by atoms with Gasteiger partial charge in [-0.05, 0) is 18.2 Å². The van der Waals surface area contributed by atoms with Crippen LogP contribution < -0.4 is 9.80 Å². The molecule has 1 N–H and O–H groups in total. The number of hydrogen-bond acceptors (Lipinski definition) is 5. The second-order valence-electron chi connectivity index (χ2n) is 5.53. The van der Waals surface area contributed by atoms with Crippen LogP contribution in [0.3, 0.4) is 0 Å². The first kappa shape index (κ1) is 15.1. The molecule has 8 nitrogen and oxygen atoms in total. The highest BCUT2D eigenvalue weighted by Crippen LogP contribution is 2.37. The molecule has 2 amide bonds. The van der Waals surface area contributed by atoms with Crippen LogP contribution in [0.4, 0.5) is 16.2 Å². The third-order valence-corrected chi connectivity index (χ3v) is 4.33. The number of carboxylic acid groups (broad SMARTS) is 1. The minimum Gasteiger partial charge on any atom is -0.465 e. The highest BCUT2D eigenvalue weighted by atomic mass is 16.5. The van der Waals surface area contributed by atoms with Crippen LogP contribution in [-0.2, 0) is 9.53 Å². The second kappa shape index (κ2) is 5.45. The maximum absolute atomic E-state index is 12.6. The Morgan fingerprint density at radius 3 is 2.65 bits per heavy atom. The van der Waals surface area contributed by atoms with Crippen molar-refractivity contribution in [3.8, 4) is 0 Å². The number of benzene rings is 1. The van der Waals surface area contributed by atoms with E-state index in [2.05, 4.69) is 0 Å². The molecule has 1 atom stereocenters. The van der Waals surface area contributed by atoms with Gasteiger partial charge in [-0.25, -0.2) is 9.59 Å². The SMILES string of the molecule is COC(=O)c1ccc2c(c1)N(C)C(=O)C1CN(C(=O)O)CCN21. The van der Waals surface area contributed by atoms with Crippen LogP contribution >= 0.6 is 0 Å². The van der Waals surface area contributed by atoms with Gasteiger partial charge in [-0.2, -0.15) is 0 Å². The number of ether oxygens (including phenoxy) is 1. The fourth-order valence-corrected chi connectivity index (χ4v) is 3.08. The molecule has 0 aliphatic carbocycles. The molecule has 0 saturated carbocycles. The Balaban J connectivity index is 1.99. The van der Waals surface area contributed by atoms with Crippen LogP contribution in [0.5, 0.6) is 0 Å². The second-order valence-corrected chi connectivity index (χ2v) is 5.53. The van der Waals surface area contributed by atoms with E-state index in [0.717, 1.165) is 5.69 Å². The molecule has 8 heteroatoms. The van der Waals surface area contributed by atoms with Crippen molar-refractivity contribution < 1.29 is 24.2 Å². The molecule has 1 fully saturated rings. The van der Waals surface area contributed by atoms with Crippen LogP contribution in [0.1, 0.15) is 10.4 Å². The van der Waals surface area contributed by atoms with E-state index in [4.69, 9.17) is 9.84 Å². The first-order chi connectivity index (χ1) is 10.9. The average molecular weight is 319 g/mol. The Morgan fingerprint density at radius 2 is 2.00 bits per heavy atom. The van der Waals surface area contributed by atoms with Crippen LogP contribution in [0, 0.1) is 0 Å². The highest BCUT2D eigenvalue weighted by molar-refractivity contribution is 6.07. The van der Waals surface area contributed by atoms with Gasteiger partial charge in [0.05, 0.1) is 30.6 Å². The lowest BCUT2D eigenvalue weighted by Gasteiger charge is -2.46. The third kappa shape index (κ3) is 2.36. The number of methoxy groups -OCH3 is 1. The smallest absolute Gasteiger partial charge is 0.407 e. The number of fused-ring (bicyclic) bond motifs is 3. The van der Waals surface area contributed by atoms with Gasteiger partial charge in [-0.1, -0.05) is 0 Å². The number of carbonyl (C=O) groups excluding carboxylic acids is 2. The molecule has 1 saturated heterocycles. The monoisotopic (exact) mass is 319 g/mol. The molecule has 2 heterocycles. The maximum atomic E-state index is 12.6. The van der Waals surface area contributed by atoms with Crippen LogP contribution in [-0.4, -0.2) is 67.8 Å². The average Bonchev–Trinajstić information content (AvgIpc) is 2.57. The Hall–Kier alpha value is -2.77. The van der Waals surface area contributed by atoms with Gasteiger partial charge in [0.1, 0.15) is 6.04 Å². The number of hydrogen-bond donors (Lipinski definition) is 1. The molecule has 0 aromatic heterocycles. The van der Waals surface area contributed by atoms with E-state index >= 15 is 0 Å². The largest absolute Gasteiger partial charge is 0.465 e. The predicted molar refractivity (Wildman–Crippen MR) is 81.9 cm³/mol. The van der Waals surface area contributed by atoms with E-state index in [9.17, 15) is 14.4 Å². The number of rotatable bonds is 1. The van der Waals surface area contributed by atoms with E-state index in [1.807, 2.05) is 4.90 Å². The maximum Gasteiger partial charge on any atom is 0.407 e. The van der Waals surface area contributed by atoms with Crippen molar-refractivity contribution in [3.05, 3.63) is 23.8 Å². The van der Waals surface area contributed by atoms with Gasteiger partial charge in [0.15, 0.2) is 0 Å². The Morgan fingerprint density at radius 1 is 1.26 bits per heavy atom. The number of carbonyl (C=O) groups is 3. The molecule has 2 aliphatic rings. The molecule has 2 aliphatic heterocycles. The van der Waals surface area contributed by atoms with Crippen molar-refractivity contribution in [2.45, 2.75) is 6.04 Å². The summed E-state index contributed by atoms with van der Waals surface area (Å²) >= 11 is 0. The normalized spacial score (nSPS) is 20.0. The zero-order chi connectivity index (χ0) is 16.7. The summed E-state index contributed by atoms with van der Waals surface area (Å²) in [7, 11) is 2.93. The molecule has 1 unspecified atom stereocenters. The van der Waals surface area contributed by atoms with Gasteiger partial charge < -0.3 is 24.5 Å². The topological polar surface area (TPSA) is 90.4 Å². The van der Waals surface area contributed by atoms with E-state index in [1.165, 1.54) is 16.9 Å². The van der Waals surface area contributed by atoms with Crippen molar-refractivity contribution in [2.24, 2.45) is 0 Å². The van der Waals surface area contributed by atoms with Crippen LogP contribution in [0.25, 0.3) is 0 Å². The fourth-order valence-electron chi connectivity index (χ4n) is 3.08. The molecule has 122 valence electrons. The number of amides is 2. The lowest BCUT2D eigenvalue weighted by atomic mass is 10.0. The van der Waals surface area contributed by atoms with Crippen molar-refractivity contribution in [2.75, 3.05) is 43.6 Å². The third-order valence-electron chi connectivity index (χ3n) is 4.33. The van der Waals surface area contributed by atoms with Gasteiger partial charge in [0.2, 0.25) is 0 Å². The molecular weight excluding hydrogens is 302 g/mol. The molecule has 1 aromatic carbocycles. The number of piperazine rings is 1. The van der Waals surface area contributed by atoms with Crippen molar-refractivity contribution >= 4 is 29.3 Å². The summed E-state index contributed by atoms with van der Waals surface area (Å²) in [5.41, 5.74) is 1.81.